The zero-order valence-corrected chi connectivity index (χ0v) is 15.9. The summed E-state index contributed by atoms with van der Waals surface area (Å²) < 4.78 is 5.46. The van der Waals surface area contributed by atoms with Gasteiger partial charge >= 0.3 is 0 Å². The standard InChI is InChI=1S/C18H25ClN2O3S/c19-9-17(22)20-10-14(12-4-2-1-3-5-12)21-18(23)16-8-13-11-24-7-6-15(13)25-16/h8,12,14H,1-7,9-11H2,(H,20,22)(H,21,23). The first-order valence-corrected chi connectivity index (χ1v) is 10.4. The third-order valence-electron chi connectivity index (χ3n) is 5.03. The predicted octanol–water partition coefficient (Wildman–Crippen LogP) is 2.85. The van der Waals surface area contributed by atoms with Crippen LogP contribution in [0.25, 0.3) is 0 Å². The topological polar surface area (TPSA) is 67.4 Å². The van der Waals surface area contributed by atoms with E-state index >= 15 is 0 Å². The Hall–Kier alpha value is -1.11. The molecule has 2 aliphatic rings. The van der Waals surface area contributed by atoms with Crippen LogP contribution in [0.5, 0.6) is 0 Å². The van der Waals surface area contributed by atoms with Gasteiger partial charge < -0.3 is 15.4 Å². The smallest absolute Gasteiger partial charge is 0.261 e. The lowest BCUT2D eigenvalue weighted by atomic mass is 9.83. The lowest BCUT2D eigenvalue weighted by Gasteiger charge is -2.31. The average molecular weight is 385 g/mol. The molecule has 1 atom stereocenters. The Kier molecular flexibility index (Phi) is 6.73. The third-order valence-corrected chi connectivity index (χ3v) is 6.51. The van der Waals surface area contributed by atoms with E-state index in [9.17, 15) is 9.59 Å². The van der Waals surface area contributed by atoms with Gasteiger partial charge in [-0.25, -0.2) is 0 Å². The highest BCUT2D eigenvalue weighted by Crippen LogP contribution is 2.29. The number of carbonyl (C=O) groups excluding carboxylic acids is 2. The molecule has 1 aromatic rings. The first-order chi connectivity index (χ1) is 12.2. The summed E-state index contributed by atoms with van der Waals surface area (Å²) in [6.07, 6.45) is 6.69. The summed E-state index contributed by atoms with van der Waals surface area (Å²) in [6.45, 7) is 1.76. The van der Waals surface area contributed by atoms with E-state index < -0.39 is 0 Å². The maximum Gasteiger partial charge on any atom is 0.261 e. The van der Waals surface area contributed by atoms with Crippen molar-refractivity contribution in [1.82, 2.24) is 10.6 Å². The van der Waals surface area contributed by atoms with Gasteiger partial charge in [0.2, 0.25) is 5.91 Å². The molecule has 0 saturated heterocycles. The van der Waals surface area contributed by atoms with E-state index in [1.54, 1.807) is 11.3 Å². The molecule has 7 heteroatoms. The van der Waals surface area contributed by atoms with Gasteiger partial charge in [-0.1, -0.05) is 19.3 Å². The van der Waals surface area contributed by atoms with Gasteiger partial charge in [-0.2, -0.15) is 0 Å². The van der Waals surface area contributed by atoms with Crippen molar-refractivity contribution in [3.63, 3.8) is 0 Å². The molecule has 0 bridgehead atoms. The highest BCUT2D eigenvalue weighted by molar-refractivity contribution is 7.14. The predicted molar refractivity (Wildman–Crippen MR) is 99.2 cm³/mol. The van der Waals surface area contributed by atoms with E-state index in [1.807, 2.05) is 6.07 Å². The molecule has 25 heavy (non-hydrogen) atoms. The van der Waals surface area contributed by atoms with Crippen molar-refractivity contribution < 1.29 is 14.3 Å². The minimum absolute atomic E-state index is 0.0460. The Morgan fingerprint density at radius 2 is 2.12 bits per heavy atom. The Labute approximate surface area is 157 Å². The Balaban J connectivity index is 1.66. The van der Waals surface area contributed by atoms with Crippen molar-refractivity contribution in [1.29, 1.82) is 0 Å². The number of alkyl halides is 1. The van der Waals surface area contributed by atoms with E-state index in [2.05, 4.69) is 10.6 Å². The van der Waals surface area contributed by atoms with Crippen LogP contribution >= 0.6 is 22.9 Å². The van der Waals surface area contributed by atoms with Gasteiger partial charge in [0.1, 0.15) is 5.88 Å². The van der Waals surface area contributed by atoms with Gasteiger partial charge in [0.05, 0.1) is 18.1 Å². The molecule has 1 aromatic heterocycles. The largest absolute Gasteiger partial charge is 0.376 e. The maximum atomic E-state index is 12.7. The summed E-state index contributed by atoms with van der Waals surface area (Å²) in [5.41, 5.74) is 1.13. The van der Waals surface area contributed by atoms with Crippen molar-refractivity contribution in [3.05, 3.63) is 21.4 Å². The van der Waals surface area contributed by atoms with Crippen LogP contribution in [0.3, 0.4) is 0 Å². The lowest BCUT2D eigenvalue weighted by molar-refractivity contribution is -0.118. The van der Waals surface area contributed by atoms with Gasteiger partial charge in [0.25, 0.3) is 5.91 Å². The fourth-order valence-electron chi connectivity index (χ4n) is 3.64. The van der Waals surface area contributed by atoms with Crippen LogP contribution in [0, 0.1) is 5.92 Å². The number of halogens is 1. The van der Waals surface area contributed by atoms with E-state index in [4.69, 9.17) is 16.3 Å². The zero-order valence-electron chi connectivity index (χ0n) is 14.3. The molecule has 0 spiro atoms. The second kappa shape index (κ2) is 9.01. The fourth-order valence-corrected chi connectivity index (χ4v) is 4.79. The first-order valence-electron chi connectivity index (χ1n) is 9.00. The molecule has 1 saturated carbocycles. The van der Waals surface area contributed by atoms with Crippen LogP contribution in [-0.2, 0) is 22.6 Å². The number of ether oxygens (including phenoxy) is 1. The average Bonchev–Trinajstić information content (AvgIpc) is 3.09. The van der Waals surface area contributed by atoms with Gasteiger partial charge in [0.15, 0.2) is 0 Å². The summed E-state index contributed by atoms with van der Waals surface area (Å²) in [6, 6.07) is 1.90. The van der Waals surface area contributed by atoms with Crippen molar-refractivity contribution in [2.24, 2.45) is 5.92 Å². The highest BCUT2D eigenvalue weighted by Gasteiger charge is 2.27. The molecular weight excluding hydrogens is 360 g/mol. The zero-order chi connectivity index (χ0) is 17.6. The molecule has 1 fully saturated rings. The number of hydrogen-bond donors (Lipinski definition) is 2. The maximum absolute atomic E-state index is 12.7. The number of hydrogen-bond acceptors (Lipinski definition) is 4. The molecule has 0 aromatic carbocycles. The Morgan fingerprint density at radius 3 is 2.84 bits per heavy atom. The Morgan fingerprint density at radius 1 is 1.32 bits per heavy atom. The second-order valence-corrected chi connectivity index (χ2v) is 8.18. The molecule has 5 nitrogen and oxygen atoms in total. The van der Waals surface area contributed by atoms with Crippen molar-refractivity contribution in [2.45, 2.75) is 51.2 Å². The normalized spacial score (nSPS) is 19.1. The van der Waals surface area contributed by atoms with Gasteiger partial charge in [-0.05, 0) is 30.4 Å². The summed E-state index contributed by atoms with van der Waals surface area (Å²) in [5, 5.41) is 6.00. The summed E-state index contributed by atoms with van der Waals surface area (Å²) in [5.74, 6) is 0.116. The summed E-state index contributed by atoms with van der Waals surface area (Å²) in [7, 11) is 0. The molecule has 2 heterocycles. The number of nitrogens with one attached hydrogen (secondary N) is 2. The van der Waals surface area contributed by atoms with Gasteiger partial charge in [0, 0.05) is 23.9 Å². The Bertz CT molecular complexity index is 590. The quantitative estimate of drug-likeness (QED) is 0.741. The summed E-state index contributed by atoms with van der Waals surface area (Å²) in [4.78, 5) is 26.3. The molecular formula is C18H25ClN2O3S. The van der Waals surface area contributed by atoms with Crippen molar-refractivity contribution in [3.8, 4) is 0 Å². The van der Waals surface area contributed by atoms with E-state index in [0.29, 0.717) is 19.1 Å². The van der Waals surface area contributed by atoms with Crippen LogP contribution < -0.4 is 10.6 Å². The molecule has 1 aliphatic heterocycles. The number of fused-ring (bicyclic) bond motifs is 1. The molecule has 138 valence electrons. The van der Waals surface area contributed by atoms with Crippen molar-refractivity contribution in [2.75, 3.05) is 19.0 Å². The minimum atomic E-state index is -0.194. The molecule has 0 radical (unpaired) electrons. The van der Waals surface area contributed by atoms with Crippen LogP contribution in [0.4, 0.5) is 0 Å². The minimum Gasteiger partial charge on any atom is -0.376 e. The van der Waals surface area contributed by atoms with Crippen LogP contribution in [0.15, 0.2) is 6.07 Å². The van der Waals surface area contributed by atoms with Crippen LogP contribution in [0.1, 0.15) is 52.2 Å². The molecule has 2 N–H and O–H groups in total. The highest BCUT2D eigenvalue weighted by atomic mass is 35.5. The molecule has 2 amide bonds. The van der Waals surface area contributed by atoms with Gasteiger partial charge in [-0.15, -0.1) is 22.9 Å². The molecule has 1 aliphatic carbocycles. The van der Waals surface area contributed by atoms with E-state index in [1.165, 1.54) is 24.1 Å². The first kappa shape index (κ1) is 18.7. The third kappa shape index (κ3) is 4.96. The number of amides is 2. The fraction of sp³-hybridized carbons (Fsp3) is 0.667. The number of carbonyl (C=O) groups is 2. The number of rotatable bonds is 6. The summed E-state index contributed by atoms with van der Waals surface area (Å²) >= 11 is 7.13. The van der Waals surface area contributed by atoms with E-state index in [-0.39, 0.29) is 23.7 Å². The molecule has 1 unspecified atom stereocenters. The monoisotopic (exact) mass is 384 g/mol. The SMILES string of the molecule is O=C(CCl)NCC(NC(=O)c1cc2c(s1)CCOC2)C1CCCCC1. The van der Waals surface area contributed by atoms with E-state index in [0.717, 1.165) is 36.3 Å². The van der Waals surface area contributed by atoms with Crippen LogP contribution in [0.2, 0.25) is 0 Å². The second-order valence-electron chi connectivity index (χ2n) is 6.78. The lowest BCUT2D eigenvalue weighted by Crippen LogP contribution is -2.48. The molecule has 3 rings (SSSR count). The van der Waals surface area contributed by atoms with Gasteiger partial charge in [-0.3, -0.25) is 9.59 Å². The number of thiophene rings is 1. The van der Waals surface area contributed by atoms with Crippen molar-refractivity contribution >= 4 is 34.8 Å². The van der Waals surface area contributed by atoms with Crippen LogP contribution in [-0.4, -0.2) is 36.9 Å².